The second-order valence-corrected chi connectivity index (χ2v) is 14.9. The highest BCUT2D eigenvalue weighted by Gasteiger charge is 2.21. The maximum atomic E-state index is 5.84. The molecule has 0 saturated carbocycles. The van der Waals surface area contributed by atoms with Crippen molar-refractivity contribution in [1.82, 2.24) is 0 Å². The van der Waals surface area contributed by atoms with E-state index >= 15 is 0 Å². The van der Waals surface area contributed by atoms with Crippen LogP contribution in [-0.2, 0) is 8.85 Å². The summed E-state index contributed by atoms with van der Waals surface area (Å²) in [5.41, 5.74) is 0. The van der Waals surface area contributed by atoms with Crippen LogP contribution in [0.4, 0.5) is 0 Å². The summed E-state index contributed by atoms with van der Waals surface area (Å²) in [5.74, 6) is 1.18. The van der Waals surface area contributed by atoms with Crippen molar-refractivity contribution >= 4 is 16.6 Å². The SMILES string of the molecule is C=C(O[Si](C)(C)C)C(C)CO[Si](C)(C)C. The molecule has 0 spiro atoms. The predicted molar refractivity (Wildman–Crippen MR) is 72.0 cm³/mol. The van der Waals surface area contributed by atoms with Crippen molar-refractivity contribution in [3.05, 3.63) is 12.3 Å². The lowest BCUT2D eigenvalue weighted by atomic mass is 10.2. The third-order valence-electron chi connectivity index (χ3n) is 1.75. The normalized spacial score (nSPS) is 14.9. The Morgan fingerprint density at radius 2 is 1.53 bits per heavy atom. The molecule has 0 N–H and O–H groups in total. The van der Waals surface area contributed by atoms with Gasteiger partial charge < -0.3 is 8.85 Å². The molecule has 0 aromatic rings. The maximum Gasteiger partial charge on any atom is 0.241 e. The van der Waals surface area contributed by atoms with Crippen LogP contribution >= 0.6 is 0 Å². The highest BCUT2D eigenvalue weighted by Crippen LogP contribution is 2.18. The minimum absolute atomic E-state index is 0.295. The van der Waals surface area contributed by atoms with Crippen molar-refractivity contribution in [3.63, 3.8) is 0 Å². The number of hydrogen-bond donors (Lipinski definition) is 0. The van der Waals surface area contributed by atoms with Gasteiger partial charge in [-0.3, -0.25) is 0 Å². The van der Waals surface area contributed by atoms with Crippen LogP contribution in [0.15, 0.2) is 12.3 Å². The molecule has 90 valence electrons. The Hall–Kier alpha value is -0.0662. The average molecular weight is 246 g/mol. The lowest BCUT2D eigenvalue weighted by Crippen LogP contribution is -2.31. The molecule has 15 heavy (non-hydrogen) atoms. The average Bonchev–Trinajstić information content (AvgIpc) is 1.95. The molecule has 0 saturated heterocycles. The minimum Gasteiger partial charge on any atom is -0.548 e. The van der Waals surface area contributed by atoms with E-state index in [-0.39, 0.29) is 0 Å². The smallest absolute Gasteiger partial charge is 0.241 e. The van der Waals surface area contributed by atoms with Gasteiger partial charge in [-0.1, -0.05) is 13.5 Å². The topological polar surface area (TPSA) is 18.5 Å². The van der Waals surface area contributed by atoms with Crippen molar-refractivity contribution in [1.29, 1.82) is 0 Å². The summed E-state index contributed by atoms with van der Waals surface area (Å²) in [6.45, 7) is 19.9. The Morgan fingerprint density at radius 1 is 1.07 bits per heavy atom. The van der Waals surface area contributed by atoms with Gasteiger partial charge in [-0.15, -0.1) is 0 Å². The van der Waals surface area contributed by atoms with Gasteiger partial charge in [-0.05, 0) is 39.3 Å². The van der Waals surface area contributed by atoms with Crippen LogP contribution in [0.3, 0.4) is 0 Å². The Morgan fingerprint density at radius 3 is 1.87 bits per heavy atom. The molecular formula is C11H26O2Si2. The Kier molecular flexibility index (Phi) is 5.30. The van der Waals surface area contributed by atoms with Gasteiger partial charge in [0.05, 0.1) is 5.76 Å². The van der Waals surface area contributed by atoms with Gasteiger partial charge in [-0.2, -0.15) is 0 Å². The number of rotatable bonds is 6. The van der Waals surface area contributed by atoms with Crippen LogP contribution in [0.5, 0.6) is 0 Å². The van der Waals surface area contributed by atoms with E-state index in [0.29, 0.717) is 5.92 Å². The van der Waals surface area contributed by atoms with Crippen molar-refractivity contribution in [2.75, 3.05) is 6.61 Å². The lowest BCUT2D eigenvalue weighted by molar-refractivity contribution is 0.233. The standard InChI is InChI=1S/C11H26O2Si2/c1-10(9-12-14(3,4)5)11(2)13-15(6,7)8/h10H,2,9H2,1,3-8H3. The van der Waals surface area contributed by atoms with Crippen LogP contribution in [-0.4, -0.2) is 23.2 Å². The molecule has 0 radical (unpaired) electrons. The molecule has 0 aliphatic carbocycles. The third-order valence-corrected chi connectivity index (χ3v) is 3.66. The van der Waals surface area contributed by atoms with E-state index in [9.17, 15) is 0 Å². The first kappa shape index (κ1) is 14.9. The van der Waals surface area contributed by atoms with Crippen LogP contribution in [0, 0.1) is 5.92 Å². The monoisotopic (exact) mass is 246 g/mol. The second kappa shape index (κ2) is 5.32. The molecule has 0 amide bonds. The molecule has 0 aliphatic rings. The molecule has 2 nitrogen and oxygen atoms in total. The van der Waals surface area contributed by atoms with Crippen molar-refractivity contribution < 1.29 is 8.85 Å². The molecule has 0 aliphatic heterocycles. The summed E-state index contributed by atoms with van der Waals surface area (Å²) in [7, 11) is -2.91. The lowest BCUT2D eigenvalue weighted by Gasteiger charge is -2.27. The zero-order valence-corrected chi connectivity index (χ0v) is 13.3. The highest BCUT2D eigenvalue weighted by molar-refractivity contribution is 6.70. The molecule has 1 atom stereocenters. The Balaban J connectivity index is 4.01. The minimum atomic E-state index is -1.50. The summed E-state index contributed by atoms with van der Waals surface area (Å²) in [6, 6.07) is 0. The van der Waals surface area contributed by atoms with E-state index in [4.69, 9.17) is 8.85 Å². The van der Waals surface area contributed by atoms with Crippen LogP contribution < -0.4 is 0 Å². The second-order valence-electron chi connectivity index (χ2n) is 6.01. The van der Waals surface area contributed by atoms with Crippen LogP contribution in [0.25, 0.3) is 0 Å². The predicted octanol–water partition coefficient (Wildman–Crippen LogP) is 3.84. The van der Waals surface area contributed by atoms with Crippen molar-refractivity contribution in [3.8, 4) is 0 Å². The van der Waals surface area contributed by atoms with Gasteiger partial charge in [0.15, 0.2) is 8.32 Å². The fraction of sp³-hybridized carbons (Fsp3) is 0.818. The molecule has 0 aromatic heterocycles. The zero-order valence-electron chi connectivity index (χ0n) is 11.3. The van der Waals surface area contributed by atoms with Gasteiger partial charge in [0.1, 0.15) is 0 Å². The Labute approximate surface area is 96.9 Å². The van der Waals surface area contributed by atoms with E-state index in [0.717, 1.165) is 12.4 Å². The van der Waals surface area contributed by atoms with Gasteiger partial charge >= 0.3 is 0 Å². The van der Waals surface area contributed by atoms with E-state index < -0.39 is 16.6 Å². The molecule has 0 rings (SSSR count). The van der Waals surface area contributed by atoms with Gasteiger partial charge in [-0.25, -0.2) is 0 Å². The van der Waals surface area contributed by atoms with Crippen molar-refractivity contribution in [2.24, 2.45) is 5.92 Å². The third kappa shape index (κ3) is 8.90. The summed E-state index contributed by atoms with van der Waals surface area (Å²) in [5, 5.41) is 0. The summed E-state index contributed by atoms with van der Waals surface area (Å²) < 4.78 is 11.7. The van der Waals surface area contributed by atoms with Gasteiger partial charge in [0.25, 0.3) is 0 Å². The van der Waals surface area contributed by atoms with Crippen LogP contribution in [0.2, 0.25) is 39.3 Å². The maximum absolute atomic E-state index is 5.84. The van der Waals surface area contributed by atoms with Gasteiger partial charge in [0.2, 0.25) is 8.32 Å². The first-order valence-corrected chi connectivity index (χ1v) is 12.3. The summed E-state index contributed by atoms with van der Waals surface area (Å²) in [4.78, 5) is 0. The fourth-order valence-electron chi connectivity index (χ4n) is 0.962. The Bertz CT molecular complexity index is 214. The molecule has 0 fully saturated rings. The highest BCUT2D eigenvalue weighted by atomic mass is 28.4. The molecule has 0 heterocycles. The van der Waals surface area contributed by atoms with E-state index in [1.165, 1.54) is 0 Å². The van der Waals surface area contributed by atoms with Gasteiger partial charge in [0, 0.05) is 12.5 Å². The fourth-order valence-corrected chi connectivity index (χ4v) is 2.70. The van der Waals surface area contributed by atoms with E-state index in [2.05, 4.69) is 52.8 Å². The molecular weight excluding hydrogens is 220 g/mol. The molecule has 1 unspecified atom stereocenters. The first-order valence-electron chi connectivity index (χ1n) is 5.53. The summed E-state index contributed by atoms with van der Waals surface area (Å²) >= 11 is 0. The van der Waals surface area contributed by atoms with Crippen LogP contribution in [0.1, 0.15) is 6.92 Å². The molecule has 0 aromatic carbocycles. The summed E-state index contributed by atoms with van der Waals surface area (Å²) in [6.07, 6.45) is 0. The number of hydrogen-bond acceptors (Lipinski definition) is 2. The zero-order chi connectivity index (χ0) is 12.3. The molecule has 0 bridgehead atoms. The quantitative estimate of drug-likeness (QED) is 0.524. The van der Waals surface area contributed by atoms with Crippen molar-refractivity contribution in [2.45, 2.75) is 46.2 Å². The first-order chi connectivity index (χ1) is 6.51. The van der Waals surface area contributed by atoms with E-state index in [1.54, 1.807) is 0 Å². The molecule has 4 heteroatoms. The largest absolute Gasteiger partial charge is 0.548 e. The van der Waals surface area contributed by atoms with E-state index in [1.807, 2.05) is 0 Å².